The second-order valence-electron chi connectivity index (χ2n) is 8.29. The van der Waals surface area contributed by atoms with Gasteiger partial charge in [0.25, 0.3) is 5.91 Å². The molecule has 5 nitrogen and oxygen atoms in total. The summed E-state index contributed by atoms with van der Waals surface area (Å²) in [6.07, 6.45) is 1.56. The summed E-state index contributed by atoms with van der Waals surface area (Å²) in [5.74, 6) is 0.945. The van der Waals surface area contributed by atoms with E-state index in [9.17, 15) is 4.79 Å². The van der Waals surface area contributed by atoms with Gasteiger partial charge >= 0.3 is 0 Å². The quantitative estimate of drug-likeness (QED) is 0.315. The third kappa shape index (κ3) is 6.95. The molecule has 0 aliphatic heterocycles. The Labute approximate surface area is 197 Å². The number of hydrogen-bond acceptors (Lipinski definition) is 4. The van der Waals surface area contributed by atoms with Gasteiger partial charge in [-0.3, -0.25) is 4.79 Å². The molecule has 6 heteroatoms. The minimum Gasteiger partial charge on any atom is -0.488 e. The summed E-state index contributed by atoms with van der Waals surface area (Å²) >= 11 is 3.51. The molecule has 0 radical (unpaired) electrons. The summed E-state index contributed by atoms with van der Waals surface area (Å²) in [4.78, 5) is 12.1. The van der Waals surface area contributed by atoms with Gasteiger partial charge in [0.05, 0.1) is 10.7 Å². The molecule has 0 aliphatic carbocycles. The van der Waals surface area contributed by atoms with Crippen LogP contribution in [-0.2, 0) is 16.8 Å². The lowest BCUT2D eigenvalue weighted by Gasteiger charge is -2.20. The number of halogens is 1. The summed E-state index contributed by atoms with van der Waals surface area (Å²) in [6, 6.07) is 23.3. The fraction of sp³-hybridized carbons (Fsp3) is 0.231. The smallest absolute Gasteiger partial charge is 0.277 e. The van der Waals surface area contributed by atoms with E-state index in [-0.39, 0.29) is 17.9 Å². The largest absolute Gasteiger partial charge is 0.488 e. The van der Waals surface area contributed by atoms with Crippen molar-refractivity contribution in [1.82, 2.24) is 5.43 Å². The summed E-state index contributed by atoms with van der Waals surface area (Å²) < 4.78 is 12.3. The molecule has 0 heterocycles. The molecule has 166 valence electrons. The van der Waals surface area contributed by atoms with E-state index in [2.05, 4.69) is 47.2 Å². The molecule has 0 saturated carbocycles. The van der Waals surface area contributed by atoms with E-state index in [1.807, 2.05) is 72.8 Å². The molecule has 0 saturated heterocycles. The number of carbonyl (C=O) groups excluding carboxylic acids is 1. The van der Waals surface area contributed by atoms with Crippen LogP contribution in [0.5, 0.6) is 11.5 Å². The normalized spacial score (nSPS) is 11.4. The molecular formula is C26H27BrN2O3. The number of benzene rings is 3. The summed E-state index contributed by atoms with van der Waals surface area (Å²) in [5.41, 5.74) is 5.55. The van der Waals surface area contributed by atoms with Crippen molar-refractivity contribution in [2.24, 2.45) is 5.10 Å². The number of hydrogen-bond donors (Lipinski definition) is 1. The number of rotatable bonds is 8. The zero-order chi connectivity index (χ0) is 23.0. The second-order valence-corrected chi connectivity index (χ2v) is 9.14. The third-order valence-corrected chi connectivity index (χ3v) is 5.33. The zero-order valence-corrected chi connectivity index (χ0v) is 20.1. The maximum absolute atomic E-state index is 12.1. The van der Waals surface area contributed by atoms with E-state index in [4.69, 9.17) is 9.47 Å². The lowest BCUT2D eigenvalue weighted by molar-refractivity contribution is -0.123. The lowest BCUT2D eigenvalue weighted by atomic mass is 9.87. The molecule has 0 bridgehead atoms. The van der Waals surface area contributed by atoms with Crippen LogP contribution < -0.4 is 14.9 Å². The molecule has 32 heavy (non-hydrogen) atoms. The standard InChI is InChI=1S/C26H27BrN2O3/c1-26(2,3)21-13-14-24(22(27)15-21)32-18-25(30)29-28-16-20-11-7-8-12-23(20)31-17-19-9-5-4-6-10-19/h4-16H,17-18H2,1-3H3,(H,29,30)/b28-16-. The average molecular weight is 495 g/mol. The van der Waals surface area contributed by atoms with Crippen LogP contribution in [0.3, 0.4) is 0 Å². The van der Waals surface area contributed by atoms with Crippen molar-refractivity contribution < 1.29 is 14.3 Å². The van der Waals surface area contributed by atoms with E-state index in [0.29, 0.717) is 18.1 Å². The molecule has 0 unspecified atom stereocenters. The topological polar surface area (TPSA) is 59.9 Å². The highest BCUT2D eigenvalue weighted by molar-refractivity contribution is 9.10. The van der Waals surface area contributed by atoms with Crippen molar-refractivity contribution in [2.75, 3.05) is 6.61 Å². The minimum absolute atomic E-state index is 0.0360. The first-order valence-electron chi connectivity index (χ1n) is 10.3. The molecule has 0 atom stereocenters. The van der Waals surface area contributed by atoms with Crippen LogP contribution >= 0.6 is 15.9 Å². The molecule has 3 aromatic rings. The van der Waals surface area contributed by atoms with Gasteiger partial charge in [0.15, 0.2) is 6.61 Å². The zero-order valence-electron chi connectivity index (χ0n) is 18.5. The van der Waals surface area contributed by atoms with Crippen LogP contribution in [0.15, 0.2) is 82.4 Å². The number of amides is 1. The van der Waals surface area contributed by atoms with E-state index in [0.717, 1.165) is 15.6 Å². The molecule has 1 N–H and O–H groups in total. The van der Waals surface area contributed by atoms with Gasteiger partial charge in [-0.2, -0.15) is 5.10 Å². The first kappa shape index (κ1) is 23.5. The first-order valence-corrected chi connectivity index (χ1v) is 11.1. The summed E-state index contributed by atoms with van der Waals surface area (Å²) in [7, 11) is 0. The number of nitrogens with zero attached hydrogens (tertiary/aromatic N) is 1. The van der Waals surface area contributed by atoms with E-state index in [1.165, 1.54) is 5.56 Å². The minimum atomic E-state index is -0.351. The Balaban J connectivity index is 1.52. The number of carbonyl (C=O) groups is 1. The molecule has 0 spiro atoms. The molecule has 3 rings (SSSR count). The number of para-hydroxylation sites is 1. The molecule has 1 amide bonds. The van der Waals surface area contributed by atoms with Crippen LogP contribution in [-0.4, -0.2) is 18.7 Å². The number of hydrazone groups is 1. The molecule has 3 aromatic carbocycles. The van der Waals surface area contributed by atoms with Crippen LogP contribution in [0.1, 0.15) is 37.5 Å². The first-order chi connectivity index (χ1) is 15.3. The van der Waals surface area contributed by atoms with Crippen molar-refractivity contribution in [3.63, 3.8) is 0 Å². The Morgan fingerprint density at radius 1 is 0.969 bits per heavy atom. The van der Waals surface area contributed by atoms with E-state index < -0.39 is 0 Å². The maximum atomic E-state index is 12.1. The van der Waals surface area contributed by atoms with Gasteiger partial charge < -0.3 is 9.47 Å². The van der Waals surface area contributed by atoms with Gasteiger partial charge in [0.1, 0.15) is 18.1 Å². The monoisotopic (exact) mass is 494 g/mol. The maximum Gasteiger partial charge on any atom is 0.277 e. The molecule has 0 aliphatic rings. The predicted octanol–water partition coefficient (Wildman–Crippen LogP) is 5.85. The van der Waals surface area contributed by atoms with Crippen LogP contribution in [0.25, 0.3) is 0 Å². The van der Waals surface area contributed by atoms with E-state index in [1.54, 1.807) is 6.21 Å². The fourth-order valence-corrected chi connectivity index (χ4v) is 3.38. The highest BCUT2D eigenvalue weighted by Crippen LogP contribution is 2.31. The van der Waals surface area contributed by atoms with Crippen LogP contribution in [0.2, 0.25) is 0 Å². The average Bonchev–Trinajstić information content (AvgIpc) is 2.77. The van der Waals surface area contributed by atoms with Crippen molar-refractivity contribution in [2.45, 2.75) is 32.8 Å². The fourth-order valence-electron chi connectivity index (χ4n) is 2.89. The third-order valence-electron chi connectivity index (χ3n) is 4.71. The Morgan fingerprint density at radius 3 is 2.41 bits per heavy atom. The highest BCUT2D eigenvalue weighted by atomic mass is 79.9. The van der Waals surface area contributed by atoms with Crippen molar-refractivity contribution in [3.8, 4) is 11.5 Å². The molecular weight excluding hydrogens is 468 g/mol. The van der Waals surface area contributed by atoms with Gasteiger partial charge in [-0.25, -0.2) is 5.43 Å². The lowest BCUT2D eigenvalue weighted by Crippen LogP contribution is -2.24. The van der Waals surface area contributed by atoms with E-state index >= 15 is 0 Å². The van der Waals surface area contributed by atoms with Crippen molar-refractivity contribution >= 4 is 28.1 Å². The molecule has 0 fully saturated rings. The summed E-state index contributed by atoms with van der Waals surface area (Å²) in [5, 5.41) is 4.04. The highest BCUT2D eigenvalue weighted by Gasteiger charge is 2.15. The van der Waals surface area contributed by atoms with Crippen LogP contribution in [0.4, 0.5) is 0 Å². The van der Waals surface area contributed by atoms with Gasteiger partial charge in [0.2, 0.25) is 0 Å². The van der Waals surface area contributed by atoms with Gasteiger partial charge in [0, 0.05) is 5.56 Å². The Hall–Kier alpha value is -3.12. The Bertz CT molecular complexity index is 1080. The van der Waals surface area contributed by atoms with Gasteiger partial charge in [-0.15, -0.1) is 0 Å². The number of ether oxygens (including phenoxy) is 2. The second kappa shape index (κ2) is 11.0. The molecule has 0 aromatic heterocycles. The van der Waals surface area contributed by atoms with Gasteiger partial charge in [-0.1, -0.05) is 69.3 Å². The van der Waals surface area contributed by atoms with Gasteiger partial charge in [-0.05, 0) is 56.7 Å². The predicted molar refractivity (Wildman–Crippen MR) is 131 cm³/mol. The Kier molecular flexibility index (Phi) is 8.06. The van der Waals surface area contributed by atoms with Crippen molar-refractivity contribution in [3.05, 3.63) is 94.0 Å². The van der Waals surface area contributed by atoms with Crippen molar-refractivity contribution in [1.29, 1.82) is 0 Å². The summed E-state index contributed by atoms with van der Waals surface area (Å²) in [6.45, 7) is 6.74. The number of nitrogens with one attached hydrogen (secondary N) is 1. The Morgan fingerprint density at radius 2 is 1.69 bits per heavy atom. The SMILES string of the molecule is CC(C)(C)c1ccc(OCC(=O)N/N=C\c2ccccc2OCc2ccccc2)c(Br)c1. The van der Waals surface area contributed by atoms with Crippen LogP contribution in [0, 0.1) is 0 Å².